The number of nitrogens with zero attached hydrogens (tertiary/aromatic N) is 2. The molecule has 0 radical (unpaired) electrons. The molecule has 1 N–H and O–H groups in total. The van der Waals surface area contributed by atoms with E-state index in [2.05, 4.69) is 35.4 Å². The van der Waals surface area contributed by atoms with Crippen LogP contribution in [0.1, 0.15) is 52.3 Å². The van der Waals surface area contributed by atoms with Crippen molar-refractivity contribution in [3.63, 3.8) is 0 Å². The molecular formula is C14H25N3OS. The van der Waals surface area contributed by atoms with Crippen molar-refractivity contribution in [1.29, 1.82) is 0 Å². The van der Waals surface area contributed by atoms with Crippen molar-refractivity contribution in [3.8, 4) is 0 Å². The van der Waals surface area contributed by atoms with E-state index in [-0.39, 0.29) is 5.60 Å². The third-order valence-corrected chi connectivity index (χ3v) is 4.51. The molecule has 4 nitrogen and oxygen atoms in total. The molecule has 1 saturated carbocycles. The van der Waals surface area contributed by atoms with Crippen LogP contribution >= 0.6 is 11.5 Å². The third-order valence-electron chi connectivity index (χ3n) is 3.84. The lowest BCUT2D eigenvalue weighted by Crippen LogP contribution is -2.35. The molecule has 19 heavy (non-hydrogen) atoms. The smallest absolute Gasteiger partial charge is 0.202 e. The maximum Gasteiger partial charge on any atom is 0.202 e. The van der Waals surface area contributed by atoms with Gasteiger partial charge in [-0.05, 0) is 31.1 Å². The van der Waals surface area contributed by atoms with Gasteiger partial charge in [-0.2, -0.15) is 4.37 Å². The highest BCUT2D eigenvalue weighted by molar-refractivity contribution is 7.09. The van der Waals surface area contributed by atoms with Gasteiger partial charge < -0.3 is 10.1 Å². The minimum Gasteiger partial charge on any atom is -0.370 e. The second kappa shape index (κ2) is 6.18. The number of aromatic nitrogens is 2. The predicted molar refractivity (Wildman–Crippen MR) is 79.6 cm³/mol. The van der Waals surface area contributed by atoms with Crippen LogP contribution in [0.3, 0.4) is 0 Å². The second-order valence-electron chi connectivity index (χ2n) is 6.10. The Hall–Kier alpha value is -0.680. The van der Waals surface area contributed by atoms with Gasteiger partial charge >= 0.3 is 0 Å². The normalized spacial score (nSPS) is 27.7. The summed E-state index contributed by atoms with van der Waals surface area (Å²) < 4.78 is 10.4. The molecule has 0 amide bonds. The summed E-state index contributed by atoms with van der Waals surface area (Å²) in [6, 6.07) is 0. The van der Waals surface area contributed by atoms with Crippen LogP contribution < -0.4 is 5.32 Å². The zero-order valence-corrected chi connectivity index (χ0v) is 13.2. The Bertz CT molecular complexity index is 407. The van der Waals surface area contributed by atoms with Crippen LogP contribution in [-0.4, -0.2) is 23.0 Å². The molecule has 0 bridgehead atoms. The minimum absolute atomic E-state index is 0.258. The number of nitrogens with one attached hydrogen (secondary N) is 1. The molecule has 108 valence electrons. The number of anilines is 1. The van der Waals surface area contributed by atoms with Crippen LogP contribution in [-0.2, 0) is 10.3 Å². The first-order valence-electron chi connectivity index (χ1n) is 7.19. The van der Waals surface area contributed by atoms with Crippen molar-refractivity contribution in [2.45, 2.75) is 52.1 Å². The van der Waals surface area contributed by atoms with Crippen molar-refractivity contribution in [2.75, 3.05) is 19.0 Å². The average molecular weight is 283 g/mol. The zero-order valence-electron chi connectivity index (χ0n) is 12.4. The van der Waals surface area contributed by atoms with E-state index < -0.39 is 0 Å². The van der Waals surface area contributed by atoms with Crippen LogP contribution in [0, 0.1) is 11.8 Å². The molecule has 1 aromatic rings. The van der Waals surface area contributed by atoms with Crippen LogP contribution in [0.15, 0.2) is 0 Å². The highest BCUT2D eigenvalue weighted by Crippen LogP contribution is 2.41. The highest BCUT2D eigenvalue weighted by atomic mass is 32.1. The van der Waals surface area contributed by atoms with Gasteiger partial charge in [0.1, 0.15) is 5.60 Å². The molecule has 0 spiro atoms. The summed E-state index contributed by atoms with van der Waals surface area (Å²) in [4.78, 5) is 4.65. The predicted octanol–water partition coefficient (Wildman–Crippen LogP) is 3.66. The Kier molecular flexibility index (Phi) is 4.79. The van der Waals surface area contributed by atoms with E-state index in [1.807, 2.05) is 0 Å². The van der Waals surface area contributed by atoms with Crippen molar-refractivity contribution in [2.24, 2.45) is 11.8 Å². The van der Waals surface area contributed by atoms with E-state index in [1.165, 1.54) is 24.4 Å². The van der Waals surface area contributed by atoms with E-state index in [4.69, 9.17) is 4.74 Å². The van der Waals surface area contributed by atoms with Gasteiger partial charge in [-0.3, -0.25) is 0 Å². The molecule has 1 aromatic heterocycles. The third kappa shape index (κ3) is 3.45. The van der Waals surface area contributed by atoms with Gasteiger partial charge in [-0.25, -0.2) is 4.98 Å². The monoisotopic (exact) mass is 283 g/mol. The fraction of sp³-hybridized carbons (Fsp3) is 0.857. The number of rotatable bonds is 5. The molecule has 1 fully saturated rings. The number of ether oxygens (including phenoxy) is 1. The quantitative estimate of drug-likeness (QED) is 0.896. The van der Waals surface area contributed by atoms with Crippen molar-refractivity contribution >= 4 is 16.7 Å². The number of hydrogen-bond acceptors (Lipinski definition) is 5. The van der Waals surface area contributed by atoms with Gasteiger partial charge in [-0.15, -0.1) is 0 Å². The fourth-order valence-electron chi connectivity index (χ4n) is 2.75. The van der Waals surface area contributed by atoms with Gasteiger partial charge in [0.05, 0.1) is 0 Å². The van der Waals surface area contributed by atoms with Crippen LogP contribution in [0.5, 0.6) is 0 Å². The molecule has 1 aliphatic carbocycles. The van der Waals surface area contributed by atoms with E-state index in [9.17, 15) is 0 Å². The SMILES string of the molecule is COC1(c2nsc(NCC(C)C)n2)CCCC(C)C1. The summed E-state index contributed by atoms with van der Waals surface area (Å²) in [6.07, 6.45) is 4.55. The highest BCUT2D eigenvalue weighted by Gasteiger charge is 2.40. The Labute approximate surface area is 120 Å². The fourth-order valence-corrected chi connectivity index (χ4v) is 3.41. The van der Waals surface area contributed by atoms with Crippen LogP contribution in [0.2, 0.25) is 0 Å². The minimum atomic E-state index is -0.258. The summed E-state index contributed by atoms with van der Waals surface area (Å²) >= 11 is 1.45. The Balaban J connectivity index is 2.10. The maximum atomic E-state index is 5.83. The number of hydrogen-bond donors (Lipinski definition) is 1. The summed E-state index contributed by atoms with van der Waals surface area (Å²) in [5.41, 5.74) is -0.258. The van der Waals surface area contributed by atoms with E-state index in [0.29, 0.717) is 11.8 Å². The molecular weight excluding hydrogens is 258 g/mol. The van der Waals surface area contributed by atoms with E-state index in [1.54, 1.807) is 7.11 Å². The lowest BCUT2D eigenvalue weighted by molar-refractivity contribution is -0.0637. The second-order valence-corrected chi connectivity index (χ2v) is 6.85. The summed E-state index contributed by atoms with van der Waals surface area (Å²) in [6.45, 7) is 7.60. The van der Waals surface area contributed by atoms with Gasteiger partial charge in [0.2, 0.25) is 5.13 Å². The van der Waals surface area contributed by atoms with Crippen molar-refractivity contribution in [3.05, 3.63) is 5.82 Å². The van der Waals surface area contributed by atoms with Gasteiger partial charge in [0.15, 0.2) is 5.82 Å². The lowest BCUT2D eigenvalue weighted by Gasteiger charge is -2.36. The molecule has 0 saturated heterocycles. The molecule has 2 atom stereocenters. The van der Waals surface area contributed by atoms with E-state index in [0.717, 1.165) is 30.3 Å². The summed E-state index contributed by atoms with van der Waals surface area (Å²) in [7, 11) is 1.79. The molecule has 2 rings (SSSR count). The molecule has 2 unspecified atom stereocenters. The molecule has 0 aromatic carbocycles. The summed E-state index contributed by atoms with van der Waals surface area (Å²) in [5.74, 6) is 2.17. The van der Waals surface area contributed by atoms with Gasteiger partial charge in [-0.1, -0.05) is 27.2 Å². The Morgan fingerprint density at radius 3 is 2.95 bits per heavy atom. The molecule has 1 heterocycles. The zero-order chi connectivity index (χ0) is 13.9. The summed E-state index contributed by atoms with van der Waals surface area (Å²) in [5, 5.41) is 4.26. The van der Waals surface area contributed by atoms with Gasteiger partial charge in [0.25, 0.3) is 0 Å². The van der Waals surface area contributed by atoms with Crippen molar-refractivity contribution in [1.82, 2.24) is 9.36 Å². The average Bonchev–Trinajstić information content (AvgIpc) is 2.85. The van der Waals surface area contributed by atoms with Crippen LogP contribution in [0.25, 0.3) is 0 Å². The first-order valence-corrected chi connectivity index (χ1v) is 7.96. The molecule has 1 aliphatic rings. The lowest BCUT2D eigenvalue weighted by atomic mass is 9.78. The molecule has 5 heteroatoms. The largest absolute Gasteiger partial charge is 0.370 e. The number of methoxy groups -OCH3 is 1. The van der Waals surface area contributed by atoms with Crippen LogP contribution in [0.4, 0.5) is 5.13 Å². The Morgan fingerprint density at radius 1 is 1.53 bits per heavy atom. The van der Waals surface area contributed by atoms with E-state index >= 15 is 0 Å². The Morgan fingerprint density at radius 2 is 2.32 bits per heavy atom. The standard InChI is InChI=1S/C14H25N3OS/c1-10(2)9-15-13-16-12(17-19-13)14(18-4)7-5-6-11(3)8-14/h10-11H,5-9H2,1-4H3,(H,15,16,17). The van der Waals surface area contributed by atoms with Gasteiger partial charge in [0, 0.05) is 25.2 Å². The first-order chi connectivity index (χ1) is 9.05. The first kappa shape index (κ1) is 14.7. The molecule has 0 aliphatic heterocycles. The topological polar surface area (TPSA) is 47.0 Å². The maximum absolute atomic E-state index is 5.83. The van der Waals surface area contributed by atoms with Crippen molar-refractivity contribution < 1.29 is 4.74 Å².